The van der Waals surface area contributed by atoms with E-state index in [-0.39, 0.29) is 6.04 Å². The monoisotopic (exact) mass is 361 g/mol. The molecule has 1 aromatic carbocycles. The van der Waals surface area contributed by atoms with E-state index in [1.165, 1.54) is 4.31 Å². The highest BCUT2D eigenvalue weighted by molar-refractivity contribution is 9.10. The van der Waals surface area contributed by atoms with Crippen LogP contribution in [0, 0.1) is 6.92 Å². The van der Waals surface area contributed by atoms with E-state index in [1.54, 1.807) is 6.07 Å². The Balaban J connectivity index is 2.21. The van der Waals surface area contributed by atoms with Gasteiger partial charge in [0.15, 0.2) is 0 Å². The molecule has 1 aromatic rings. The standard InChI is InChI=1S/C13H20BrN3O2S/c1-10-6-11(14)8-12(7-10)16-20(18,19)17-5-3-2-4-13(17)9-15/h6-8,13,16H,2-5,9,15H2,1H3. The Labute approximate surface area is 128 Å². The Bertz CT molecular complexity index is 557. The summed E-state index contributed by atoms with van der Waals surface area (Å²) in [6.07, 6.45) is 2.74. The zero-order valence-corrected chi connectivity index (χ0v) is 13.9. The Kier molecular flexibility index (Phi) is 5.06. The van der Waals surface area contributed by atoms with Crippen LogP contribution in [0.15, 0.2) is 22.7 Å². The predicted octanol–water partition coefficient (Wildman–Crippen LogP) is 2.23. The van der Waals surface area contributed by atoms with Crippen molar-refractivity contribution in [2.24, 2.45) is 5.73 Å². The van der Waals surface area contributed by atoms with Crippen molar-refractivity contribution in [3.05, 3.63) is 28.2 Å². The summed E-state index contributed by atoms with van der Waals surface area (Å²) < 4.78 is 30.0. The van der Waals surface area contributed by atoms with E-state index >= 15 is 0 Å². The van der Waals surface area contributed by atoms with Gasteiger partial charge in [0.1, 0.15) is 0 Å². The highest BCUT2D eigenvalue weighted by Gasteiger charge is 2.31. The first kappa shape index (κ1) is 15.8. The summed E-state index contributed by atoms with van der Waals surface area (Å²) in [6, 6.07) is 5.39. The first-order valence-electron chi connectivity index (χ1n) is 6.69. The second kappa shape index (κ2) is 6.43. The maximum atomic E-state index is 12.5. The Morgan fingerprint density at radius 3 is 2.80 bits per heavy atom. The lowest BCUT2D eigenvalue weighted by Crippen LogP contribution is -2.49. The number of piperidine rings is 1. The lowest BCUT2D eigenvalue weighted by molar-refractivity contribution is 0.259. The number of nitrogens with two attached hydrogens (primary N) is 1. The number of rotatable bonds is 4. The van der Waals surface area contributed by atoms with E-state index in [0.29, 0.717) is 18.8 Å². The van der Waals surface area contributed by atoms with Gasteiger partial charge in [-0.3, -0.25) is 4.72 Å². The van der Waals surface area contributed by atoms with Crippen LogP contribution >= 0.6 is 15.9 Å². The number of benzene rings is 1. The quantitative estimate of drug-likeness (QED) is 0.863. The highest BCUT2D eigenvalue weighted by atomic mass is 79.9. The molecule has 0 aromatic heterocycles. The molecule has 0 saturated carbocycles. The van der Waals surface area contributed by atoms with Gasteiger partial charge in [-0.2, -0.15) is 12.7 Å². The number of halogens is 1. The predicted molar refractivity (Wildman–Crippen MR) is 84.8 cm³/mol. The van der Waals surface area contributed by atoms with Crippen molar-refractivity contribution in [3.8, 4) is 0 Å². The minimum absolute atomic E-state index is 0.102. The van der Waals surface area contributed by atoms with Crippen LogP contribution < -0.4 is 10.5 Å². The molecule has 1 fully saturated rings. The number of anilines is 1. The molecule has 0 spiro atoms. The largest absolute Gasteiger partial charge is 0.329 e. The van der Waals surface area contributed by atoms with Crippen LogP contribution in [0.1, 0.15) is 24.8 Å². The Morgan fingerprint density at radius 1 is 1.40 bits per heavy atom. The molecular formula is C13H20BrN3O2S. The molecule has 7 heteroatoms. The van der Waals surface area contributed by atoms with Crippen LogP contribution in [-0.2, 0) is 10.2 Å². The summed E-state index contributed by atoms with van der Waals surface area (Å²) in [5.41, 5.74) is 7.25. The second-order valence-corrected chi connectivity index (χ2v) is 7.66. The van der Waals surface area contributed by atoms with Crippen molar-refractivity contribution >= 4 is 31.8 Å². The maximum Gasteiger partial charge on any atom is 0.301 e. The van der Waals surface area contributed by atoms with Crippen molar-refractivity contribution < 1.29 is 8.42 Å². The van der Waals surface area contributed by atoms with Crippen molar-refractivity contribution in [2.75, 3.05) is 17.8 Å². The lowest BCUT2D eigenvalue weighted by Gasteiger charge is -2.33. The van der Waals surface area contributed by atoms with E-state index in [1.807, 2.05) is 19.1 Å². The van der Waals surface area contributed by atoms with Gasteiger partial charge in [-0.25, -0.2) is 0 Å². The van der Waals surface area contributed by atoms with Crippen LogP contribution in [0.5, 0.6) is 0 Å². The zero-order chi connectivity index (χ0) is 14.8. The summed E-state index contributed by atoms with van der Waals surface area (Å²) in [7, 11) is -3.55. The molecule has 0 radical (unpaired) electrons. The number of aryl methyl sites for hydroxylation is 1. The third kappa shape index (κ3) is 3.72. The molecule has 2 rings (SSSR count). The third-order valence-corrected chi connectivity index (χ3v) is 5.49. The number of nitrogens with one attached hydrogen (secondary N) is 1. The first-order chi connectivity index (χ1) is 9.42. The zero-order valence-electron chi connectivity index (χ0n) is 11.5. The number of hydrogen-bond donors (Lipinski definition) is 2. The van der Waals surface area contributed by atoms with E-state index < -0.39 is 10.2 Å². The minimum atomic E-state index is -3.55. The molecule has 1 aliphatic heterocycles. The summed E-state index contributed by atoms with van der Waals surface area (Å²) in [5.74, 6) is 0. The average molecular weight is 362 g/mol. The second-order valence-electron chi connectivity index (χ2n) is 5.12. The molecule has 1 saturated heterocycles. The van der Waals surface area contributed by atoms with Gasteiger partial charge in [-0.05, 0) is 43.5 Å². The van der Waals surface area contributed by atoms with E-state index in [0.717, 1.165) is 29.3 Å². The van der Waals surface area contributed by atoms with Gasteiger partial charge in [-0.15, -0.1) is 0 Å². The Hall–Kier alpha value is -0.630. The van der Waals surface area contributed by atoms with Crippen LogP contribution in [0.3, 0.4) is 0 Å². The molecule has 0 aliphatic carbocycles. The van der Waals surface area contributed by atoms with Crippen molar-refractivity contribution in [1.82, 2.24) is 4.31 Å². The molecular weight excluding hydrogens is 342 g/mol. The molecule has 112 valence electrons. The summed E-state index contributed by atoms with van der Waals surface area (Å²) >= 11 is 3.37. The molecule has 5 nitrogen and oxygen atoms in total. The lowest BCUT2D eigenvalue weighted by atomic mass is 10.1. The van der Waals surface area contributed by atoms with Crippen LogP contribution in [-0.4, -0.2) is 31.9 Å². The smallest absolute Gasteiger partial charge is 0.301 e. The van der Waals surface area contributed by atoms with Crippen LogP contribution in [0.2, 0.25) is 0 Å². The number of hydrogen-bond acceptors (Lipinski definition) is 3. The fraction of sp³-hybridized carbons (Fsp3) is 0.538. The molecule has 1 atom stereocenters. The van der Waals surface area contributed by atoms with Gasteiger partial charge in [-0.1, -0.05) is 22.4 Å². The molecule has 1 heterocycles. The summed E-state index contributed by atoms with van der Waals surface area (Å²) in [4.78, 5) is 0. The fourth-order valence-electron chi connectivity index (χ4n) is 2.53. The molecule has 20 heavy (non-hydrogen) atoms. The van der Waals surface area contributed by atoms with Gasteiger partial charge < -0.3 is 5.73 Å². The van der Waals surface area contributed by atoms with Crippen molar-refractivity contribution in [3.63, 3.8) is 0 Å². The van der Waals surface area contributed by atoms with Gasteiger partial charge in [0.25, 0.3) is 0 Å². The van der Waals surface area contributed by atoms with E-state index in [2.05, 4.69) is 20.7 Å². The number of nitrogens with zero attached hydrogens (tertiary/aromatic N) is 1. The average Bonchev–Trinajstić information content (AvgIpc) is 2.36. The van der Waals surface area contributed by atoms with Crippen LogP contribution in [0.25, 0.3) is 0 Å². The highest BCUT2D eigenvalue weighted by Crippen LogP contribution is 2.24. The van der Waals surface area contributed by atoms with Crippen molar-refractivity contribution in [2.45, 2.75) is 32.2 Å². The summed E-state index contributed by atoms with van der Waals surface area (Å²) in [6.45, 7) is 2.81. The van der Waals surface area contributed by atoms with E-state index in [4.69, 9.17) is 5.73 Å². The third-order valence-electron chi connectivity index (χ3n) is 3.44. The molecule has 1 aliphatic rings. The molecule has 0 bridgehead atoms. The van der Waals surface area contributed by atoms with Crippen molar-refractivity contribution in [1.29, 1.82) is 0 Å². The summed E-state index contributed by atoms with van der Waals surface area (Å²) in [5, 5.41) is 0. The SMILES string of the molecule is Cc1cc(Br)cc(NS(=O)(=O)N2CCCCC2CN)c1. The van der Waals surface area contributed by atoms with Gasteiger partial charge in [0.2, 0.25) is 0 Å². The maximum absolute atomic E-state index is 12.5. The fourth-order valence-corrected chi connectivity index (χ4v) is 4.62. The topological polar surface area (TPSA) is 75.4 Å². The molecule has 3 N–H and O–H groups in total. The van der Waals surface area contributed by atoms with Gasteiger partial charge in [0.05, 0.1) is 5.69 Å². The normalized spacial score (nSPS) is 20.9. The first-order valence-corrected chi connectivity index (χ1v) is 8.92. The molecule has 1 unspecified atom stereocenters. The van der Waals surface area contributed by atoms with Gasteiger partial charge in [0, 0.05) is 23.6 Å². The van der Waals surface area contributed by atoms with Crippen LogP contribution in [0.4, 0.5) is 5.69 Å². The Morgan fingerprint density at radius 2 is 2.15 bits per heavy atom. The van der Waals surface area contributed by atoms with Gasteiger partial charge >= 0.3 is 10.2 Å². The van der Waals surface area contributed by atoms with E-state index in [9.17, 15) is 8.42 Å². The molecule has 0 amide bonds. The minimum Gasteiger partial charge on any atom is -0.329 e.